The van der Waals surface area contributed by atoms with Crippen molar-refractivity contribution in [3.8, 4) is 22.6 Å². The van der Waals surface area contributed by atoms with Crippen LogP contribution in [0.4, 0.5) is 11.4 Å². The van der Waals surface area contributed by atoms with Crippen LogP contribution in [0.15, 0.2) is 24.3 Å². The molecule has 0 spiro atoms. The number of benzene rings is 2. The predicted octanol–water partition coefficient (Wildman–Crippen LogP) is 3.15. The van der Waals surface area contributed by atoms with E-state index < -0.39 is 0 Å². The molecular formula is C16H20N2O2. The maximum atomic E-state index is 6.05. The van der Waals surface area contributed by atoms with Gasteiger partial charge in [-0.1, -0.05) is 6.07 Å². The van der Waals surface area contributed by atoms with Crippen molar-refractivity contribution in [2.45, 2.75) is 13.8 Å². The minimum Gasteiger partial charge on any atom is -0.492 e. The number of ether oxygens (including phenoxy) is 2. The summed E-state index contributed by atoms with van der Waals surface area (Å²) in [4.78, 5) is 0. The molecule has 0 saturated heterocycles. The molecule has 4 heteroatoms. The van der Waals surface area contributed by atoms with Crippen molar-refractivity contribution in [3.05, 3.63) is 35.4 Å². The molecular weight excluding hydrogens is 252 g/mol. The van der Waals surface area contributed by atoms with Gasteiger partial charge in [0.15, 0.2) is 11.5 Å². The number of nitrogen functional groups attached to an aromatic ring is 2. The van der Waals surface area contributed by atoms with Gasteiger partial charge in [0.2, 0.25) is 0 Å². The van der Waals surface area contributed by atoms with Gasteiger partial charge in [-0.2, -0.15) is 0 Å². The zero-order chi connectivity index (χ0) is 14.9. The Morgan fingerprint density at radius 2 is 1.50 bits per heavy atom. The molecule has 0 aliphatic rings. The predicted molar refractivity (Wildman–Crippen MR) is 83.3 cm³/mol. The summed E-state index contributed by atoms with van der Waals surface area (Å²) in [6.07, 6.45) is 0. The average Bonchev–Trinajstić information content (AvgIpc) is 2.44. The van der Waals surface area contributed by atoms with Gasteiger partial charge in [-0.15, -0.1) is 0 Å². The third-order valence-corrected chi connectivity index (χ3v) is 3.47. The van der Waals surface area contributed by atoms with Crippen LogP contribution in [0.25, 0.3) is 11.1 Å². The highest BCUT2D eigenvalue weighted by molar-refractivity contribution is 5.82. The topological polar surface area (TPSA) is 70.5 Å². The van der Waals surface area contributed by atoms with Gasteiger partial charge in [-0.3, -0.25) is 0 Å². The average molecular weight is 272 g/mol. The van der Waals surface area contributed by atoms with Crippen molar-refractivity contribution in [2.24, 2.45) is 0 Å². The fourth-order valence-electron chi connectivity index (χ4n) is 2.25. The van der Waals surface area contributed by atoms with E-state index in [1.165, 1.54) is 0 Å². The summed E-state index contributed by atoms with van der Waals surface area (Å²) in [5.41, 5.74) is 17.2. The van der Waals surface area contributed by atoms with E-state index >= 15 is 0 Å². The molecule has 2 aromatic rings. The number of hydrogen-bond acceptors (Lipinski definition) is 4. The molecule has 106 valence electrons. The first-order valence-electron chi connectivity index (χ1n) is 6.37. The number of anilines is 2. The molecule has 0 fully saturated rings. The van der Waals surface area contributed by atoms with Gasteiger partial charge in [0.05, 0.1) is 19.9 Å². The Morgan fingerprint density at radius 3 is 2.05 bits per heavy atom. The maximum Gasteiger partial charge on any atom is 0.184 e. The van der Waals surface area contributed by atoms with Gasteiger partial charge >= 0.3 is 0 Å². The molecule has 0 radical (unpaired) electrons. The standard InChI is InChI=1S/C16H20N2O2/c1-9-7-11(5-6-13(9)17)12-8-10(2)14(18)16(20-4)15(12)19-3/h5-8H,17-18H2,1-4H3. The highest BCUT2D eigenvalue weighted by Gasteiger charge is 2.17. The zero-order valence-electron chi connectivity index (χ0n) is 12.3. The molecule has 0 heterocycles. The van der Waals surface area contributed by atoms with Crippen molar-refractivity contribution >= 4 is 11.4 Å². The lowest BCUT2D eigenvalue weighted by atomic mass is 9.98. The number of rotatable bonds is 3. The van der Waals surface area contributed by atoms with Crippen molar-refractivity contribution in [2.75, 3.05) is 25.7 Å². The van der Waals surface area contributed by atoms with E-state index in [9.17, 15) is 0 Å². The highest BCUT2D eigenvalue weighted by atomic mass is 16.5. The molecule has 2 aromatic carbocycles. The van der Waals surface area contributed by atoms with Crippen LogP contribution < -0.4 is 20.9 Å². The first-order chi connectivity index (χ1) is 9.49. The minimum absolute atomic E-state index is 0.567. The number of nitrogens with two attached hydrogens (primary N) is 2. The van der Waals surface area contributed by atoms with E-state index in [-0.39, 0.29) is 0 Å². The summed E-state index contributed by atoms with van der Waals surface area (Å²) in [6, 6.07) is 7.89. The Bertz CT molecular complexity index is 651. The molecule has 0 unspecified atom stereocenters. The van der Waals surface area contributed by atoms with Crippen LogP contribution in [0.5, 0.6) is 11.5 Å². The fraction of sp³-hybridized carbons (Fsp3) is 0.250. The molecule has 4 nitrogen and oxygen atoms in total. The Kier molecular flexibility index (Phi) is 3.74. The summed E-state index contributed by atoms with van der Waals surface area (Å²) in [7, 11) is 3.20. The molecule has 2 rings (SSSR count). The van der Waals surface area contributed by atoms with Gasteiger partial charge in [-0.05, 0) is 48.7 Å². The van der Waals surface area contributed by atoms with Gasteiger partial charge in [0.25, 0.3) is 0 Å². The molecule has 0 amide bonds. The van der Waals surface area contributed by atoms with E-state index in [1.807, 2.05) is 38.1 Å². The SMILES string of the molecule is COc1c(-c2ccc(N)c(C)c2)cc(C)c(N)c1OC. The first-order valence-corrected chi connectivity index (χ1v) is 6.37. The molecule has 4 N–H and O–H groups in total. The summed E-state index contributed by atoms with van der Waals surface area (Å²) >= 11 is 0. The zero-order valence-corrected chi connectivity index (χ0v) is 12.3. The second kappa shape index (κ2) is 5.33. The van der Waals surface area contributed by atoms with E-state index in [2.05, 4.69) is 0 Å². The summed E-state index contributed by atoms with van der Waals surface area (Å²) in [6.45, 7) is 3.93. The lowest BCUT2D eigenvalue weighted by Gasteiger charge is -2.17. The van der Waals surface area contributed by atoms with E-state index in [0.717, 1.165) is 27.9 Å². The Hall–Kier alpha value is -2.36. The van der Waals surface area contributed by atoms with Crippen LogP contribution in [0.2, 0.25) is 0 Å². The quantitative estimate of drug-likeness (QED) is 0.842. The number of hydrogen-bond donors (Lipinski definition) is 2. The van der Waals surface area contributed by atoms with Crippen LogP contribution in [-0.2, 0) is 0 Å². The molecule has 0 saturated carbocycles. The summed E-state index contributed by atoms with van der Waals surface area (Å²) in [5.74, 6) is 1.21. The molecule has 20 heavy (non-hydrogen) atoms. The molecule has 0 aliphatic carbocycles. The van der Waals surface area contributed by atoms with Gasteiger partial charge in [-0.25, -0.2) is 0 Å². The molecule has 0 bridgehead atoms. The lowest BCUT2D eigenvalue weighted by molar-refractivity contribution is 0.357. The van der Waals surface area contributed by atoms with Crippen LogP contribution in [0.1, 0.15) is 11.1 Å². The number of methoxy groups -OCH3 is 2. The van der Waals surface area contributed by atoms with Crippen molar-refractivity contribution in [1.82, 2.24) is 0 Å². The van der Waals surface area contributed by atoms with Crippen LogP contribution in [-0.4, -0.2) is 14.2 Å². The van der Waals surface area contributed by atoms with E-state index in [0.29, 0.717) is 17.2 Å². The Labute approximate surface area is 119 Å². The normalized spacial score (nSPS) is 10.4. The van der Waals surface area contributed by atoms with Crippen molar-refractivity contribution in [3.63, 3.8) is 0 Å². The van der Waals surface area contributed by atoms with Crippen LogP contribution in [0, 0.1) is 13.8 Å². The molecule has 0 aromatic heterocycles. The minimum atomic E-state index is 0.567. The second-order valence-electron chi connectivity index (χ2n) is 4.79. The Morgan fingerprint density at radius 1 is 0.850 bits per heavy atom. The lowest BCUT2D eigenvalue weighted by Crippen LogP contribution is -2.01. The molecule has 0 aliphatic heterocycles. The Balaban J connectivity index is 2.72. The maximum absolute atomic E-state index is 6.05. The first kappa shape index (κ1) is 14.1. The van der Waals surface area contributed by atoms with Gasteiger partial charge in [0, 0.05) is 11.3 Å². The monoisotopic (exact) mass is 272 g/mol. The highest BCUT2D eigenvalue weighted by Crippen LogP contribution is 2.44. The van der Waals surface area contributed by atoms with E-state index in [1.54, 1.807) is 14.2 Å². The fourth-order valence-corrected chi connectivity index (χ4v) is 2.25. The molecule has 0 atom stereocenters. The van der Waals surface area contributed by atoms with Crippen LogP contribution in [0.3, 0.4) is 0 Å². The second-order valence-corrected chi connectivity index (χ2v) is 4.79. The smallest absolute Gasteiger partial charge is 0.184 e. The summed E-state index contributed by atoms with van der Waals surface area (Å²) in [5, 5.41) is 0. The van der Waals surface area contributed by atoms with Crippen LogP contribution >= 0.6 is 0 Å². The summed E-state index contributed by atoms with van der Waals surface area (Å²) < 4.78 is 10.9. The van der Waals surface area contributed by atoms with E-state index in [4.69, 9.17) is 20.9 Å². The van der Waals surface area contributed by atoms with Crippen molar-refractivity contribution < 1.29 is 9.47 Å². The van der Waals surface area contributed by atoms with Gasteiger partial charge < -0.3 is 20.9 Å². The largest absolute Gasteiger partial charge is 0.492 e. The third-order valence-electron chi connectivity index (χ3n) is 3.47. The van der Waals surface area contributed by atoms with Gasteiger partial charge in [0.1, 0.15) is 0 Å². The van der Waals surface area contributed by atoms with Crippen molar-refractivity contribution in [1.29, 1.82) is 0 Å². The third kappa shape index (κ3) is 2.25. The number of aryl methyl sites for hydroxylation is 2.